The van der Waals surface area contributed by atoms with Gasteiger partial charge in [-0.25, -0.2) is 4.98 Å². The Hall–Kier alpha value is -1.92. The second kappa shape index (κ2) is 4.75. The van der Waals surface area contributed by atoms with Crippen molar-refractivity contribution >= 4 is 10.1 Å². The van der Waals surface area contributed by atoms with E-state index in [4.69, 9.17) is 9.29 Å². The number of hydrogen-bond acceptors (Lipinski definition) is 4. The Morgan fingerprint density at radius 2 is 1.78 bits per heavy atom. The standard InChI is InChI=1S/C12H11NO4S/c1-17-12-4-2-3-11(13-12)9-5-7-10(8-6-9)18(14,15)16/h2-8H,1H3,(H,14,15,16). The van der Waals surface area contributed by atoms with Gasteiger partial charge in [-0.15, -0.1) is 0 Å². The van der Waals surface area contributed by atoms with Crippen LogP contribution in [0.5, 0.6) is 5.88 Å². The number of benzene rings is 1. The quantitative estimate of drug-likeness (QED) is 0.859. The smallest absolute Gasteiger partial charge is 0.294 e. The maximum absolute atomic E-state index is 10.9. The minimum Gasteiger partial charge on any atom is -0.481 e. The van der Waals surface area contributed by atoms with E-state index in [1.165, 1.54) is 19.2 Å². The molecule has 1 aromatic carbocycles. The molecule has 94 valence electrons. The van der Waals surface area contributed by atoms with E-state index in [0.29, 0.717) is 11.6 Å². The van der Waals surface area contributed by atoms with E-state index in [-0.39, 0.29) is 4.90 Å². The summed E-state index contributed by atoms with van der Waals surface area (Å²) in [6, 6.07) is 11.1. The van der Waals surface area contributed by atoms with Crippen LogP contribution in [0.15, 0.2) is 47.4 Å². The van der Waals surface area contributed by atoms with Crippen molar-refractivity contribution in [1.29, 1.82) is 0 Å². The normalized spacial score (nSPS) is 11.2. The Kier molecular flexibility index (Phi) is 3.31. The number of ether oxygens (including phenoxy) is 1. The highest BCUT2D eigenvalue weighted by molar-refractivity contribution is 7.85. The Labute approximate surface area is 105 Å². The molecule has 0 fully saturated rings. The van der Waals surface area contributed by atoms with Crippen LogP contribution in [0, 0.1) is 0 Å². The first kappa shape index (κ1) is 12.5. The van der Waals surface area contributed by atoms with E-state index in [2.05, 4.69) is 4.98 Å². The highest BCUT2D eigenvalue weighted by Gasteiger charge is 2.09. The van der Waals surface area contributed by atoms with E-state index >= 15 is 0 Å². The molecule has 0 spiro atoms. The number of pyridine rings is 1. The zero-order valence-electron chi connectivity index (χ0n) is 9.57. The molecular formula is C12H11NO4S. The molecule has 1 heterocycles. The fraction of sp³-hybridized carbons (Fsp3) is 0.0833. The average Bonchev–Trinajstić information content (AvgIpc) is 2.38. The summed E-state index contributed by atoms with van der Waals surface area (Å²) in [7, 11) is -2.64. The summed E-state index contributed by atoms with van der Waals surface area (Å²) in [6.45, 7) is 0. The largest absolute Gasteiger partial charge is 0.481 e. The molecule has 0 atom stereocenters. The van der Waals surface area contributed by atoms with E-state index in [1.54, 1.807) is 30.3 Å². The minimum absolute atomic E-state index is 0.144. The summed E-state index contributed by atoms with van der Waals surface area (Å²) < 4.78 is 35.7. The molecule has 0 aliphatic rings. The molecular weight excluding hydrogens is 254 g/mol. The van der Waals surface area contributed by atoms with Crippen LogP contribution in [0.25, 0.3) is 11.3 Å². The van der Waals surface area contributed by atoms with Crippen molar-refractivity contribution in [2.45, 2.75) is 4.90 Å². The first-order valence-electron chi connectivity index (χ1n) is 5.10. The van der Waals surface area contributed by atoms with Gasteiger partial charge >= 0.3 is 0 Å². The van der Waals surface area contributed by atoms with Crippen LogP contribution in [0.1, 0.15) is 0 Å². The van der Waals surface area contributed by atoms with Gasteiger partial charge in [0, 0.05) is 11.6 Å². The molecule has 2 aromatic rings. The summed E-state index contributed by atoms with van der Waals surface area (Å²) in [5, 5.41) is 0. The third kappa shape index (κ3) is 2.66. The third-order valence-electron chi connectivity index (χ3n) is 2.38. The second-order valence-corrected chi connectivity index (χ2v) is 4.99. The monoisotopic (exact) mass is 265 g/mol. The molecule has 0 saturated carbocycles. The van der Waals surface area contributed by atoms with E-state index in [0.717, 1.165) is 5.56 Å². The third-order valence-corrected chi connectivity index (χ3v) is 3.25. The topological polar surface area (TPSA) is 76.5 Å². The SMILES string of the molecule is COc1cccc(-c2ccc(S(=O)(=O)O)cc2)n1. The zero-order valence-corrected chi connectivity index (χ0v) is 10.4. The molecule has 0 aliphatic carbocycles. The van der Waals surface area contributed by atoms with Gasteiger partial charge in [-0.3, -0.25) is 4.55 Å². The summed E-state index contributed by atoms with van der Waals surface area (Å²) in [5.41, 5.74) is 1.40. The van der Waals surface area contributed by atoms with E-state index < -0.39 is 10.1 Å². The van der Waals surface area contributed by atoms with Crippen molar-refractivity contribution in [3.63, 3.8) is 0 Å². The average molecular weight is 265 g/mol. The van der Waals surface area contributed by atoms with Crippen LogP contribution in [0.4, 0.5) is 0 Å². The van der Waals surface area contributed by atoms with Gasteiger partial charge in [0.15, 0.2) is 0 Å². The molecule has 6 heteroatoms. The van der Waals surface area contributed by atoms with Crippen molar-refractivity contribution < 1.29 is 17.7 Å². The summed E-state index contributed by atoms with van der Waals surface area (Å²) in [4.78, 5) is 4.07. The predicted molar refractivity (Wildman–Crippen MR) is 66.0 cm³/mol. The molecule has 5 nitrogen and oxygen atoms in total. The second-order valence-electron chi connectivity index (χ2n) is 3.56. The maximum atomic E-state index is 10.9. The molecule has 1 N–H and O–H groups in total. The van der Waals surface area contributed by atoms with Crippen molar-refractivity contribution in [1.82, 2.24) is 4.98 Å². The number of rotatable bonds is 3. The van der Waals surface area contributed by atoms with Gasteiger partial charge < -0.3 is 4.74 Å². The lowest BCUT2D eigenvalue weighted by Crippen LogP contribution is -1.97. The van der Waals surface area contributed by atoms with Crippen LogP contribution < -0.4 is 4.74 Å². The van der Waals surface area contributed by atoms with Gasteiger partial charge in [0.1, 0.15) is 0 Å². The number of hydrogen-bond donors (Lipinski definition) is 1. The van der Waals surface area contributed by atoms with Crippen LogP contribution in [0.3, 0.4) is 0 Å². The molecule has 18 heavy (non-hydrogen) atoms. The minimum atomic E-state index is -4.16. The van der Waals surface area contributed by atoms with Crippen molar-refractivity contribution in [2.24, 2.45) is 0 Å². The summed E-state index contributed by atoms with van der Waals surface area (Å²) >= 11 is 0. The lowest BCUT2D eigenvalue weighted by molar-refractivity contribution is 0.398. The molecule has 0 amide bonds. The van der Waals surface area contributed by atoms with Crippen LogP contribution >= 0.6 is 0 Å². The zero-order chi connectivity index (χ0) is 13.2. The molecule has 0 unspecified atom stereocenters. The molecule has 2 rings (SSSR count). The number of aromatic nitrogens is 1. The van der Waals surface area contributed by atoms with Crippen molar-refractivity contribution in [3.8, 4) is 17.1 Å². The lowest BCUT2D eigenvalue weighted by atomic mass is 10.1. The predicted octanol–water partition coefficient (Wildman–Crippen LogP) is 2.00. The first-order chi connectivity index (χ1) is 8.50. The fourth-order valence-electron chi connectivity index (χ4n) is 1.49. The first-order valence-corrected chi connectivity index (χ1v) is 6.54. The van der Waals surface area contributed by atoms with Gasteiger partial charge in [-0.05, 0) is 18.2 Å². The maximum Gasteiger partial charge on any atom is 0.294 e. The van der Waals surface area contributed by atoms with Crippen LogP contribution in [0.2, 0.25) is 0 Å². The number of nitrogens with zero attached hydrogens (tertiary/aromatic N) is 1. The Morgan fingerprint density at radius 1 is 1.11 bits per heavy atom. The molecule has 0 saturated heterocycles. The van der Waals surface area contributed by atoms with Crippen LogP contribution in [-0.2, 0) is 10.1 Å². The Bertz CT molecular complexity index is 650. The fourth-order valence-corrected chi connectivity index (χ4v) is 1.97. The van der Waals surface area contributed by atoms with Gasteiger partial charge in [0.05, 0.1) is 17.7 Å². The van der Waals surface area contributed by atoms with E-state index in [1.807, 2.05) is 0 Å². The van der Waals surface area contributed by atoms with E-state index in [9.17, 15) is 8.42 Å². The van der Waals surface area contributed by atoms with Gasteiger partial charge in [0.2, 0.25) is 5.88 Å². The molecule has 1 aromatic heterocycles. The summed E-state index contributed by atoms with van der Waals surface area (Å²) in [6.07, 6.45) is 0. The van der Waals surface area contributed by atoms with Crippen molar-refractivity contribution in [3.05, 3.63) is 42.5 Å². The molecule has 0 radical (unpaired) electrons. The molecule has 0 bridgehead atoms. The van der Waals surface area contributed by atoms with Crippen molar-refractivity contribution in [2.75, 3.05) is 7.11 Å². The van der Waals surface area contributed by atoms with Gasteiger partial charge in [-0.1, -0.05) is 18.2 Å². The lowest BCUT2D eigenvalue weighted by Gasteiger charge is -2.04. The highest BCUT2D eigenvalue weighted by Crippen LogP contribution is 2.21. The van der Waals surface area contributed by atoms with Gasteiger partial charge in [0.25, 0.3) is 10.1 Å². The van der Waals surface area contributed by atoms with Crippen LogP contribution in [-0.4, -0.2) is 25.1 Å². The Morgan fingerprint density at radius 3 is 2.33 bits per heavy atom. The molecule has 0 aliphatic heterocycles. The summed E-state index contributed by atoms with van der Waals surface area (Å²) in [5.74, 6) is 0.478. The highest BCUT2D eigenvalue weighted by atomic mass is 32.2. The Balaban J connectivity index is 2.40. The van der Waals surface area contributed by atoms with Gasteiger partial charge in [-0.2, -0.15) is 8.42 Å². The number of methoxy groups -OCH3 is 1.